The zero-order valence-corrected chi connectivity index (χ0v) is 11.7. The van der Waals surface area contributed by atoms with E-state index in [1.165, 1.54) is 0 Å². The fourth-order valence-electron chi connectivity index (χ4n) is 2.11. The number of carbonyl (C=O) groups excluding carboxylic acids is 1. The van der Waals surface area contributed by atoms with Crippen LogP contribution in [0.5, 0.6) is 0 Å². The van der Waals surface area contributed by atoms with Gasteiger partial charge in [0.15, 0.2) is 0 Å². The average Bonchev–Trinajstić information content (AvgIpc) is 2.46. The Morgan fingerprint density at radius 3 is 2.65 bits per heavy atom. The second-order valence-electron chi connectivity index (χ2n) is 6.29. The number of carbonyl (C=O) groups is 1. The van der Waals surface area contributed by atoms with Gasteiger partial charge in [0.2, 0.25) is 0 Å². The summed E-state index contributed by atoms with van der Waals surface area (Å²) in [6.07, 6.45) is 0.722. The van der Waals surface area contributed by atoms with Crippen molar-refractivity contribution >= 4 is 6.09 Å². The van der Waals surface area contributed by atoms with Gasteiger partial charge in [0.1, 0.15) is 5.60 Å². The fraction of sp³-hybridized carbons (Fsp3) is 0.923. The van der Waals surface area contributed by atoms with Crippen molar-refractivity contribution in [2.45, 2.75) is 52.7 Å². The minimum Gasteiger partial charge on any atom is -0.444 e. The van der Waals surface area contributed by atoms with E-state index < -0.39 is 5.60 Å². The van der Waals surface area contributed by atoms with Crippen LogP contribution in [0.2, 0.25) is 0 Å². The number of nitrogens with one attached hydrogen (secondary N) is 1. The van der Waals surface area contributed by atoms with E-state index in [-0.39, 0.29) is 12.1 Å². The second-order valence-corrected chi connectivity index (χ2v) is 6.29. The number of ether oxygens (including phenoxy) is 1. The summed E-state index contributed by atoms with van der Waals surface area (Å²) < 4.78 is 5.25. The Balaban J connectivity index is 2.28. The number of amides is 1. The molecular weight excluding hydrogens is 216 g/mol. The maximum absolute atomic E-state index is 11.6. The lowest BCUT2D eigenvalue weighted by molar-refractivity contribution is 0.0505. The minimum atomic E-state index is -0.416. The van der Waals surface area contributed by atoms with Gasteiger partial charge in [-0.15, -0.1) is 0 Å². The van der Waals surface area contributed by atoms with Crippen LogP contribution in [-0.2, 0) is 4.74 Å². The minimum absolute atomic E-state index is 0.239. The first-order chi connectivity index (χ1) is 7.76. The maximum atomic E-state index is 11.6. The predicted octanol–water partition coefficient (Wildman–Crippen LogP) is 2.24. The number of likely N-dealkylation sites (tertiary alicyclic amines) is 1. The van der Waals surface area contributed by atoms with Crippen LogP contribution in [0, 0.1) is 5.92 Å². The third-order valence-electron chi connectivity index (χ3n) is 2.62. The lowest BCUT2D eigenvalue weighted by Crippen LogP contribution is -2.40. The molecule has 1 atom stereocenters. The molecule has 1 N–H and O–H groups in total. The van der Waals surface area contributed by atoms with Crippen LogP contribution >= 0.6 is 0 Å². The van der Waals surface area contributed by atoms with Crippen molar-refractivity contribution < 1.29 is 9.53 Å². The molecule has 1 rings (SSSR count). The summed E-state index contributed by atoms with van der Waals surface area (Å²) in [6, 6.07) is 0.239. The first-order valence-corrected chi connectivity index (χ1v) is 6.48. The summed E-state index contributed by atoms with van der Waals surface area (Å²) in [5, 5.41) is 2.94. The fourth-order valence-corrected chi connectivity index (χ4v) is 2.11. The van der Waals surface area contributed by atoms with Crippen molar-refractivity contribution in [3.05, 3.63) is 0 Å². The van der Waals surface area contributed by atoms with Crippen molar-refractivity contribution in [2.75, 3.05) is 19.6 Å². The molecule has 0 saturated carbocycles. The number of hydrogen-bond acceptors (Lipinski definition) is 3. The molecule has 0 spiro atoms. The highest BCUT2D eigenvalue weighted by atomic mass is 16.6. The summed E-state index contributed by atoms with van der Waals surface area (Å²) in [5.41, 5.74) is -0.416. The standard InChI is InChI=1S/C13H26N2O2/c1-10(2)8-15-7-6-11(9-15)14-12(16)17-13(3,4)5/h10-11H,6-9H2,1-5H3,(H,14,16). The van der Waals surface area contributed by atoms with E-state index in [9.17, 15) is 4.79 Å². The van der Waals surface area contributed by atoms with Gasteiger partial charge in [-0.05, 0) is 33.1 Å². The van der Waals surface area contributed by atoms with Gasteiger partial charge in [-0.1, -0.05) is 13.8 Å². The Kier molecular flexibility index (Phi) is 4.80. The van der Waals surface area contributed by atoms with Crippen LogP contribution in [-0.4, -0.2) is 42.3 Å². The van der Waals surface area contributed by atoms with Crippen LogP contribution in [0.4, 0.5) is 4.79 Å². The summed E-state index contributed by atoms with van der Waals surface area (Å²) in [7, 11) is 0. The molecule has 4 nitrogen and oxygen atoms in total. The Morgan fingerprint density at radius 2 is 2.12 bits per heavy atom. The van der Waals surface area contributed by atoms with Gasteiger partial charge >= 0.3 is 6.09 Å². The molecule has 0 aromatic heterocycles. The first-order valence-electron chi connectivity index (χ1n) is 6.48. The molecule has 1 saturated heterocycles. The Morgan fingerprint density at radius 1 is 1.47 bits per heavy atom. The number of rotatable bonds is 3. The van der Waals surface area contributed by atoms with Crippen molar-refractivity contribution in [1.82, 2.24) is 10.2 Å². The van der Waals surface area contributed by atoms with E-state index in [2.05, 4.69) is 24.1 Å². The van der Waals surface area contributed by atoms with Gasteiger partial charge in [0.25, 0.3) is 0 Å². The van der Waals surface area contributed by atoms with Gasteiger partial charge < -0.3 is 15.0 Å². The number of nitrogens with zero attached hydrogens (tertiary/aromatic N) is 1. The molecule has 0 bridgehead atoms. The smallest absolute Gasteiger partial charge is 0.407 e. The normalized spacial score (nSPS) is 21.9. The zero-order valence-electron chi connectivity index (χ0n) is 11.7. The molecule has 1 aliphatic heterocycles. The third kappa shape index (κ3) is 5.91. The molecule has 1 amide bonds. The van der Waals surface area contributed by atoms with Gasteiger partial charge in [-0.2, -0.15) is 0 Å². The number of hydrogen-bond donors (Lipinski definition) is 1. The molecule has 1 unspecified atom stereocenters. The molecule has 1 heterocycles. The highest BCUT2D eigenvalue weighted by Gasteiger charge is 2.26. The van der Waals surface area contributed by atoms with Crippen molar-refractivity contribution in [3.8, 4) is 0 Å². The maximum Gasteiger partial charge on any atom is 0.407 e. The number of alkyl carbamates (subject to hydrolysis) is 1. The van der Waals surface area contributed by atoms with Crippen LogP contribution in [0.15, 0.2) is 0 Å². The lowest BCUT2D eigenvalue weighted by atomic mass is 10.2. The molecule has 100 valence electrons. The van der Waals surface area contributed by atoms with Gasteiger partial charge in [0.05, 0.1) is 0 Å². The second kappa shape index (κ2) is 5.71. The van der Waals surface area contributed by atoms with Crippen molar-refractivity contribution in [1.29, 1.82) is 0 Å². The summed E-state index contributed by atoms with van der Waals surface area (Å²) >= 11 is 0. The first kappa shape index (κ1) is 14.3. The van der Waals surface area contributed by atoms with E-state index in [0.717, 1.165) is 26.1 Å². The van der Waals surface area contributed by atoms with Crippen molar-refractivity contribution in [3.63, 3.8) is 0 Å². The van der Waals surface area contributed by atoms with Gasteiger partial charge in [-0.25, -0.2) is 4.79 Å². The monoisotopic (exact) mass is 242 g/mol. The zero-order chi connectivity index (χ0) is 13.1. The molecule has 17 heavy (non-hydrogen) atoms. The van der Waals surface area contributed by atoms with Gasteiger partial charge in [0, 0.05) is 25.7 Å². The molecule has 0 aromatic carbocycles. The Labute approximate surface area is 105 Å². The topological polar surface area (TPSA) is 41.6 Å². The SMILES string of the molecule is CC(C)CN1CCC(NC(=O)OC(C)(C)C)C1. The molecule has 0 aromatic rings. The van der Waals surface area contributed by atoms with E-state index in [0.29, 0.717) is 5.92 Å². The average molecular weight is 242 g/mol. The predicted molar refractivity (Wildman–Crippen MR) is 69.1 cm³/mol. The molecule has 0 radical (unpaired) electrons. The Hall–Kier alpha value is -0.770. The Bertz CT molecular complexity index is 259. The quantitative estimate of drug-likeness (QED) is 0.825. The van der Waals surface area contributed by atoms with E-state index in [1.807, 2.05) is 20.8 Å². The van der Waals surface area contributed by atoms with E-state index in [1.54, 1.807) is 0 Å². The van der Waals surface area contributed by atoms with Crippen molar-refractivity contribution in [2.24, 2.45) is 5.92 Å². The highest BCUT2D eigenvalue weighted by molar-refractivity contribution is 5.68. The summed E-state index contributed by atoms with van der Waals surface area (Å²) in [5.74, 6) is 0.676. The highest BCUT2D eigenvalue weighted by Crippen LogP contribution is 2.12. The molecular formula is C13H26N2O2. The van der Waals surface area contributed by atoms with Crippen LogP contribution in [0.3, 0.4) is 0 Å². The lowest BCUT2D eigenvalue weighted by Gasteiger charge is -2.22. The van der Waals surface area contributed by atoms with Gasteiger partial charge in [-0.3, -0.25) is 0 Å². The van der Waals surface area contributed by atoms with Crippen LogP contribution in [0.1, 0.15) is 41.0 Å². The molecule has 1 fully saturated rings. The summed E-state index contributed by atoms with van der Waals surface area (Å²) in [6.45, 7) is 13.2. The molecule has 0 aliphatic carbocycles. The van der Waals surface area contributed by atoms with Crippen LogP contribution < -0.4 is 5.32 Å². The van der Waals surface area contributed by atoms with E-state index >= 15 is 0 Å². The molecule has 4 heteroatoms. The summed E-state index contributed by atoms with van der Waals surface area (Å²) in [4.78, 5) is 14.0. The molecule has 1 aliphatic rings. The third-order valence-corrected chi connectivity index (χ3v) is 2.62. The van der Waals surface area contributed by atoms with E-state index in [4.69, 9.17) is 4.74 Å². The largest absolute Gasteiger partial charge is 0.444 e. The van der Waals surface area contributed by atoms with Crippen LogP contribution in [0.25, 0.3) is 0 Å².